The van der Waals surface area contributed by atoms with Crippen molar-refractivity contribution in [3.63, 3.8) is 0 Å². The van der Waals surface area contributed by atoms with Gasteiger partial charge in [0.05, 0.1) is 0 Å². The van der Waals surface area contributed by atoms with E-state index < -0.39 is 0 Å². The lowest BCUT2D eigenvalue weighted by Crippen LogP contribution is -2.28. The zero-order valence-corrected chi connectivity index (χ0v) is 4.88. The summed E-state index contributed by atoms with van der Waals surface area (Å²) >= 11 is 0. The van der Waals surface area contributed by atoms with Crippen LogP contribution in [-0.4, -0.2) is 12.1 Å². The minimum absolute atomic E-state index is 0.259. The van der Waals surface area contributed by atoms with Crippen molar-refractivity contribution in [2.75, 3.05) is 0 Å². The van der Waals surface area contributed by atoms with Crippen molar-refractivity contribution in [1.82, 2.24) is 0 Å². The summed E-state index contributed by atoms with van der Waals surface area (Å²) in [4.78, 5) is 0. The van der Waals surface area contributed by atoms with E-state index in [4.69, 9.17) is 11.5 Å². The third-order valence-corrected chi connectivity index (χ3v) is 1.44. The van der Waals surface area contributed by atoms with Crippen LogP contribution in [0.5, 0.6) is 0 Å². The van der Waals surface area contributed by atoms with Crippen LogP contribution in [0.1, 0.15) is 12.8 Å². The quantitative estimate of drug-likeness (QED) is 0.433. The third kappa shape index (κ3) is 1.32. The Kier molecular flexibility index (Phi) is 1.65. The van der Waals surface area contributed by atoms with Crippen LogP contribution in [0.3, 0.4) is 0 Å². The van der Waals surface area contributed by atoms with E-state index in [0.717, 1.165) is 12.8 Å². The van der Waals surface area contributed by atoms with Crippen LogP contribution in [0.15, 0.2) is 12.2 Å². The Labute approximate surface area is 49.5 Å². The highest BCUT2D eigenvalue weighted by Crippen LogP contribution is 2.06. The molecule has 0 saturated carbocycles. The van der Waals surface area contributed by atoms with Crippen LogP contribution in [0, 0.1) is 0 Å². The van der Waals surface area contributed by atoms with Crippen LogP contribution >= 0.6 is 0 Å². The number of hydrogen-bond donors (Lipinski definition) is 2. The van der Waals surface area contributed by atoms with Crippen molar-refractivity contribution in [3.8, 4) is 0 Å². The smallest absolute Gasteiger partial charge is 0.0224 e. The van der Waals surface area contributed by atoms with Crippen LogP contribution in [0.4, 0.5) is 0 Å². The van der Waals surface area contributed by atoms with Crippen LogP contribution in [0.2, 0.25) is 0 Å². The van der Waals surface area contributed by atoms with Gasteiger partial charge < -0.3 is 11.5 Å². The van der Waals surface area contributed by atoms with E-state index in [1.165, 1.54) is 0 Å². The Hall–Kier alpha value is -0.340. The summed E-state index contributed by atoms with van der Waals surface area (Å²) in [7, 11) is 0. The van der Waals surface area contributed by atoms with Crippen molar-refractivity contribution < 1.29 is 0 Å². The van der Waals surface area contributed by atoms with Crippen molar-refractivity contribution in [3.05, 3.63) is 12.2 Å². The highest BCUT2D eigenvalue weighted by Gasteiger charge is 2.06. The van der Waals surface area contributed by atoms with Gasteiger partial charge in [-0.3, -0.25) is 0 Å². The molecule has 0 bridgehead atoms. The standard InChI is InChI=1S/C6H12N2/c7-5-1-2-6(8)4-3-5/h1-2,5-6H,3-4,7-8H2/t5-,6+. The predicted octanol–water partition coefficient (Wildman–Crippen LogP) is -0.00900. The summed E-state index contributed by atoms with van der Waals surface area (Å²) in [5.74, 6) is 0. The molecule has 4 N–H and O–H groups in total. The zero-order chi connectivity index (χ0) is 5.98. The minimum atomic E-state index is 0.259. The molecule has 0 aromatic carbocycles. The fourth-order valence-corrected chi connectivity index (χ4v) is 0.863. The molecule has 0 radical (unpaired) electrons. The molecule has 46 valence electrons. The van der Waals surface area contributed by atoms with E-state index in [9.17, 15) is 0 Å². The number of nitrogens with two attached hydrogens (primary N) is 2. The van der Waals surface area contributed by atoms with Gasteiger partial charge in [-0.1, -0.05) is 12.2 Å². The molecule has 2 atom stereocenters. The summed E-state index contributed by atoms with van der Waals surface area (Å²) in [6.07, 6.45) is 6.04. The molecular weight excluding hydrogens is 100 g/mol. The van der Waals surface area contributed by atoms with Gasteiger partial charge in [-0.2, -0.15) is 0 Å². The lowest BCUT2D eigenvalue weighted by molar-refractivity contribution is 0.590. The molecule has 0 aromatic heterocycles. The van der Waals surface area contributed by atoms with Crippen molar-refractivity contribution in [1.29, 1.82) is 0 Å². The Morgan fingerprint density at radius 1 is 1.00 bits per heavy atom. The molecule has 8 heavy (non-hydrogen) atoms. The van der Waals surface area contributed by atoms with E-state index in [1.54, 1.807) is 0 Å². The van der Waals surface area contributed by atoms with Gasteiger partial charge in [-0.05, 0) is 12.8 Å². The first kappa shape index (κ1) is 5.79. The molecule has 0 aromatic rings. The maximum absolute atomic E-state index is 5.55. The Morgan fingerprint density at radius 2 is 1.38 bits per heavy atom. The molecule has 1 aliphatic carbocycles. The average Bonchev–Trinajstić information content (AvgIpc) is 1.77. The topological polar surface area (TPSA) is 52.0 Å². The Bertz CT molecular complexity index is 86.7. The van der Waals surface area contributed by atoms with Gasteiger partial charge in [0.1, 0.15) is 0 Å². The molecule has 0 amide bonds. The SMILES string of the molecule is N[C@@H]1C=C[C@H](N)CC1. The lowest BCUT2D eigenvalue weighted by Gasteiger charge is -2.15. The predicted molar refractivity (Wildman–Crippen MR) is 34.3 cm³/mol. The normalized spacial score (nSPS) is 37.8. The zero-order valence-electron chi connectivity index (χ0n) is 4.88. The molecule has 1 rings (SSSR count). The molecule has 0 unspecified atom stereocenters. The van der Waals surface area contributed by atoms with Gasteiger partial charge in [0.2, 0.25) is 0 Å². The van der Waals surface area contributed by atoms with Crippen LogP contribution < -0.4 is 11.5 Å². The largest absolute Gasteiger partial charge is 0.324 e. The van der Waals surface area contributed by atoms with Crippen LogP contribution in [0.25, 0.3) is 0 Å². The van der Waals surface area contributed by atoms with E-state index in [2.05, 4.69) is 0 Å². The van der Waals surface area contributed by atoms with E-state index in [1.807, 2.05) is 12.2 Å². The summed E-state index contributed by atoms with van der Waals surface area (Å²) in [5, 5.41) is 0. The fourth-order valence-electron chi connectivity index (χ4n) is 0.863. The van der Waals surface area contributed by atoms with E-state index in [0.29, 0.717) is 0 Å². The summed E-state index contributed by atoms with van der Waals surface area (Å²) in [5.41, 5.74) is 11.1. The molecule has 1 aliphatic rings. The number of hydrogen-bond acceptors (Lipinski definition) is 2. The lowest BCUT2D eigenvalue weighted by atomic mass is 10.0. The van der Waals surface area contributed by atoms with Gasteiger partial charge in [0, 0.05) is 12.1 Å². The minimum Gasteiger partial charge on any atom is -0.324 e. The van der Waals surface area contributed by atoms with Crippen molar-refractivity contribution >= 4 is 0 Å². The van der Waals surface area contributed by atoms with Crippen molar-refractivity contribution in [2.24, 2.45) is 11.5 Å². The molecule has 2 heteroatoms. The van der Waals surface area contributed by atoms with Crippen molar-refractivity contribution in [2.45, 2.75) is 24.9 Å². The monoisotopic (exact) mass is 112 g/mol. The molecule has 0 heterocycles. The second-order valence-electron chi connectivity index (χ2n) is 2.29. The summed E-state index contributed by atoms with van der Waals surface area (Å²) < 4.78 is 0. The first-order chi connectivity index (χ1) is 3.79. The van der Waals surface area contributed by atoms with E-state index >= 15 is 0 Å². The van der Waals surface area contributed by atoms with Gasteiger partial charge in [-0.25, -0.2) is 0 Å². The first-order valence-electron chi connectivity index (χ1n) is 2.98. The maximum atomic E-state index is 5.55. The van der Waals surface area contributed by atoms with Gasteiger partial charge in [0.15, 0.2) is 0 Å². The van der Waals surface area contributed by atoms with Crippen LogP contribution in [-0.2, 0) is 0 Å². The summed E-state index contributed by atoms with van der Waals surface area (Å²) in [6, 6.07) is 0.518. The summed E-state index contributed by atoms with van der Waals surface area (Å²) in [6.45, 7) is 0. The van der Waals surface area contributed by atoms with Gasteiger partial charge >= 0.3 is 0 Å². The van der Waals surface area contributed by atoms with E-state index in [-0.39, 0.29) is 12.1 Å². The molecule has 0 fully saturated rings. The average molecular weight is 112 g/mol. The Balaban J connectivity index is 2.42. The third-order valence-electron chi connectivity index (χ3n) is 1.44. The van der Waals surface area contributed by atoms with Gasteiger partial charge in [-0.15, -0.1) is 0 Å². The highest BCUT2D eigenvalue weighted by atomic mass is 14.7. The second kappa shape index (κ2) is 2.29. The maximum Gasteiger partial charge on any atom is 0.0224 e. The molecule has 0 spiro atoms. The molecule has 0 aliphatic heterocycles. The molecule has 2 nitrogen and oxygen atoms in total. The Morgan fingerprint density at radius 3 is 1.62 bits per heavy atom. The van der Waals surface area contributed by atoms with Gasteiger partial charge in [0.25, 0.3) is 0 Å². The second-order valence-corrected chi connectivity index (χ2v) is 2.29. The highest BCUT2D eigenvalue weighted by molar-refractivity contribution is 5.02. The molecule has 0 saturated heterocycles. The fraction of sp³-hybridized carbons (Fsp3) is 0.667. The number of rotatable bonds is 0. The molecular formula is C6H12N2. The first-order valence-corrected chi connectivity index (χ1v) is 2.98.